The first-order chi connectivity index (χ1) is 11.0. The zero-order chi connectivity index (χ0) is 16.4. The summed E-state index contributed by atoms with van der Waals surface area (Å²) in [6.07, 6.45) is 3.66. The number of amides is 1. The predicted octanol–water partition coefficient (Wildman–Crippen LogP) is 2.51. The fourth-order valence-corrected chi connectivity index (χ4v) is 3.53. The first-order valence-electron chi connectivity index (χ1n) is 7.66. The Hall–Kier alpha value is -1.86. The smallest absolute Gasteiger partial charge is 0.263 e. The summed E-state index contributed by atoms with van der Waals surface area (Å²) >= 11 is 1.40. The SMILES string of the molecule is Cc1nc(C)c(C(=O)NCc2ccnc([C@]3(C)CCCO3)n2)s1. The lowest BCUT2D eigenvalue weighted by atomic mass is 10.0. The maximum Gasteiger partial charge on any atom is 0.263 e. The van der Waals surface area contributed by atoms with Crippen LogP contribution < -0.4 is 5.32 Å². The molecule has 0 aromatic carbocycles. The van der Waals surface area contributed by atoms with Gasteiger partial charge in [0.2, 0.25) is 0 Å². The number of ether oxygens (including phenoxy) is 1. The standard InChI is InChI=1S/C16H20N4O2S/c1-10-13(23-11(2)19-10)14(21)18-9-12-5-7-17-15(20-12)16(3)6-4-8-22-16/h5,7H,4,6,8-9H2,1-3H3,(H,18,21)/t16-/m0/s1. The molecule has 1 saturated heterocycles. The fraction of sp³-hybridized carbons (Fsp3) is 0.500. The molecule has 6 nitrogen and oxygen atoms in total. The van der Waals surface area contributed by atoms with Crippen LogP contribution in [0.5, 0.6) is 0 Å². The number of hydrogen-bond acceptors (Lipinski definition) is 6. The van der Waals surface area contributed by atoms with E-state index in [1.165, 1.54) is 11.3 Å². The van der Waals surface area contributed by atoms with Crippen molar-refractivity contribution in [3.8, 4) is 0 Å². The molecule has 1 amide bonds. The largest absolute Gasteiger partial charge is 0.367 e. The van der Waals surface area contributed by atoms with Crippen LogP contribution in [0.1, 0.15) is 51.7 Å². The van der Waals surface area contributed by atoms with Crippen LogP contribution >= 0.6 is 11.3 Å². The van der Waals surface area contributed by atoms with Gasteiger partial charge in [0.05, 0.1) is 22.9 Å². The Morgan fingerprint density at radius 2 is 2.26 bits per heavy atom. The number of aryl methyl sites for hydroxylation is 2. The van der Waals surface area contributed by atoms with Crippen molar-refractivity contribution < 1.29 is 9.53 Å². The Bertz CT molecular complexity index is 723. The molecule has 0 bridgehead atoms. The van der Waals surface area contributed by atoms with Gasteiger partial charge in [-0.05, 0) is 39.7 Å². The molecular formula is C16H20N4O2S. The van der Waals surface area contributed by atoms with Crippen molar-refractivity contribution in [3.05, 3.63) is 39.4 Å². The average Bonchev–Trinajstić information content (AvgIpc) is 3.12. The number of nitrogens with zero attached hydrogens (tertiary/aromatic N) is 3. The van der Waals surface area contributed by atoms with E-state index in [4.69, 9.17) is 4.74 Å². The summed E-state index contributed by atoms with van der Waals surface area (Å²) in [5, 5.41) is 3.79. The van der Waals surface area contributed by atoms with Crippen molar-refractivity contribution in [1.82, 2.24) is 20.3 Å². The molecule has 3 rings (SSSR count). The van der Waals surface area contributed by atoms with E-state index in [9.17, 15) is 4.79 Å². The summed E-state index contributed by atoms with van der Waals surface area (Å²) in [5.74, 6) is 0.572. The van der Waals surface area contributed by atoms with Gasteiger partial charge < -0.3 is 10.1 Å². The van der Waals surface area contributed by atoms with Gasteiger partial charge in [-0.25, -0.2) is 15.0 Å². The van der Waals surface area contributed by atoms with Crippen molar-refractivity contribution in [2.24, 2.45) is 0 Å². The lowest BCUT2D eigenvalue weighted by Crippen LogP contribution is -2.26. The monoisotopic (exact) mass is 332 g/mol. The first-order valence-corrected chi connectivity index (χ1v) is 8.48. The Morgan fingerprint density at radius 1 is 1.43 bits per heavy atom. The number of thiazole rings is 1. The van der Waals surface area contributed by atoms with Crippen LogP contribution in [0, 0.1) is 13.8 Å². The first kappa shape index (κ1) is 16.0. The molecule has 0 spiro atoms. The van der Waals surface area contributed by atoms with Crippen LogP contribution in [0.4, 0.5) is 0 Å². The van der Waals surface area contributed by atoms with Gasteiger partial charge in [0.1, 0.15) is 10.5 Å². The van der Waals surface area contributed by atoms with Gasteiger partial charge in [-0.3, -0.25) is 4.79 Å². The lowest BCUT2D eigenvalue weighted by Gasteiger charge is -2.21. The van der Waals surface area contributed by atoms with Gasteiger partial charge in [-0.15, -0.1) is 11.3 Å². The molecule has 0 unspecified atom stereocenters. The van der Waals surface area contributed by atoms with Gasteiger partial charge in [0, 0.05) is 12.8 Å². The Kier molecular flexibility index (Phi) is 4.41. The summed E-state index contributed by atoms with van der Waals surface area (Å²) in [5.41, 5.74) is 1.13. The molecule has 1 fully saturated rings. The summed E-state index contributed by atoms with van der Waals surface area (Å²) < 4.78 is 5.78. The molecule has 0 aliphatic carbocycles. The lowest BCUT2D eigenvalue weighted by molar-refractivity contribution is 0.00913. The van der Waals surface area contributed by atoms with Crippen molar-refractivity contribution in [2.75, 3.05) is 6.61 Å². The number of aromatic nitrogens is 3. The van der Waals surface area contributed by atoms with Gasteiger partial charge in [0.15, 0.2) is 5.82 Å². The van der Waals surface area contributed by atoms with E-state index < -0.39 is 5.60 Å². The molecule has 1 atom stereocenters. The molecule has 3 heterocycles. The van der Waals surface area contributed by atoms with Gasteiger partial charge in [-0.2, -0.15) is 0 Å². The number of hydrogen-bond donors (Lipinski definition) is 1. The molecular weight excluding hydrogens is 312 g/mol. The highest BCUT2D eigenvalue weighted by Crippen LogP contribution is 2.33. The molecule has 0 radical (unpaired) electrons. The van der Waals surface area contributed by atoms with E-state index in [0.29, 0.717) is 17.2 Å². The molecule has 23 heavy (non-hydrogen) atoms. The Labute approximate surface area is 139 Å². The molecule has 7 heteroatoms. The number of rotatable bonds is 4. The molecule has 2 aromatic heterocycles. The van der Waals surface area contributed by atoms with Crippen LogP contribution in [0.2, 0.25) is 0 Å². The summed E-state index contributed by atoms with van der Waals surface area (Å²) in [6.45, 7) is 6.86. The minimum atomic E-state index is -0.411. The second-order valence-electron chi connectivity index (χ2n) is 5.88. The zero-order valence-corrected chi connectivity index (χ0v) is 14.4. The van der Waals surface area contributed by atoms with E-state index in [1.54, 1.807) is 6.20 Å². The van der Waals surface area contributed by atoms with E-state index in [2.05, 4.69) is 20.3 Å². The van der Waals surface area contributed by atoms with Crippen molar-refractivity contribution in [2.45, 2.75) is 45.8 Å². The summed E-state index contributed by atoms with van der Waals surface area (Å²) in [7, 11) is 0. The minimum absolute atomic E-state index is 0.114. The molecule has 1 aliphatic heterocycles. The third-order valence-corrected chi connectivity index (χ3v) is 5.02. The molecule has 2 aromatic rings. The second-order valence-corrected chi connectivity index (χ2v) is 7.09. The maximum absolute atomic E-state index is 12.2. The molecule has 0 saturated carbocycles. The summed E-state index contributed by atoms with van der Waals surface area (Å²) in [6, 6.07) is 1.81. The predicted molar refractivity (Wildman–Crippen MR) is 87.3 cm³/mol. The van der Waals surface area contributed by atoms with Crippen molar-refractivity contribution >= 4 is 17.2 Å². The Morgan fingerprint density at radius 3 is 2.91 bits per heavy atom. The number of nitrogens with one attached hydrogen (secondary N) is 1. The zero-order valence-electron chi connectivity index (χ0n) is 13.5. The van der Waals surface area contributed by atoms with Gasteiger partial charge in [-0.1, -0.05) is 0 Å². The van der Waals surface area contributed by atoms with Gasteiger partial charge in [0.25, 0.3) is 5.91 Å². The second kappa shape index (κ2) is 6.33. The topological polar surface area (TPSA) is 77.0 Å². The number of carbonyl (C=O) groups is 1. The third kappa shape index (κ3) is 3.40. The fourth-order valence-electron chi connectivity index (χ4n) is 2.70. The van der Waals surface area contributed by atoms with Crippen LogP contribution in [0.25, 0.3) is 0 Å². The quantitative estimate of drug-likeness (QED) is 0.931. The molecule has 1 N–H and O–H groups in total. The molecule has 1 aliphatic rings. The van der Waals surface area contributed by atoms with Crippen LogP contribution in [-0.2, 0) is 16.9 Å². The van der Waals surface area contributed by atoms with E-state index in [1.807, 2.05) is 26.8 Å². The number of carbonyl (C=O) groups excluding carboxylic acids is 1. The van der Waals surface area contributed by atoms with Gasteiger partial charge >= 0.3 is 0 Å². The highest BCUT2D eigenvalue weighted by Gasteiger charge is 2.34. The van der Waals surface area contributed by atoms with E-state index in [-0.39, 0.29) is 5.91 Å². The van der Waals surface area contributed by atoms with E-state index >= 15 is 0 Å². The minimum Gasteiger partial charge on any atom is -0.367 e. The highest BCUT2D eigenvalue weighted by atomic mass is 32.1. The van der Waals surface area contributed by atoms with Crippen LogP contribution in [-0.4, -0.2) is 27.5 Å². The highest BCUT2D eigenvalue weighted by molar-refractivity contribution is 7.13. The Balaban J connectivity index is 1.69. The molecule has 122 valence electrons. The van der Waals surface area contributed by atoms with Crippen LogP contribution in [0.3, 0.4) is 0 Å². The van der Waals surface area contributed by atoms with Crippen LogP contribution in [0.15, 0.2) is 12.3 Å². The summed E-state index contributed by atoms with van der Waals surface area (Å²) in [4.78, 5) is 26.1. The maximum atomic E-state index is 12.2. The normalized spacial score (nSPS) is 20.7. The van der Waals surface area contributed by atoms with Crippen molar-refractivity contribution in [3.63, 3.8) is 0 Å². The third-order valence-electron chi connectivity index (χ3n) is 3.94. The van der Waals surface area contributed by atoms with Crippen molar-refractivity contribution in [1.29, 1.82) is 0 Å². The average molecular weight is 332 g/mol. The van der Waals surface area contributed by atoms with E-state index in [0.717, 1.165) is 35.8 Å².